The molecular formula is C24H29N3O2. The van der Waals surface area contributed by atoms with Crippen molar-refractivity contribution in [3.8, 4) is 0 Å². The van der Waals surface area contributed by atoms with Gasteiger partial charge in [-0.05, 0) is 50.5 Å². The summed E-state index contributed by atoms with van der Waals surface area (Å²) in [5, 5.41) is 4.02. The van der Waals surface area contributed by atoms with Crippen molar-refractivity contribution < 1.29 is 9.59 Å². The lowest BCUT2D eigenvalue weighted by Gasteiger charge is -2.07. The maximum absolute atomic E-state index is 12.5. The van der Waals surface area contributed by atoms with E-state index >= 15 is 0 Å². The van der Waals surface area contributed by atoms with Gasteiger partial charge in [0.2, 0.25) is 5.91 Å². The minimum Gasteiger partial charge on any atom is -0.397 e. The molecule has 0 atom stereocenters. The van der Waals surface area contributed by atoms with Gasteiger partial charge in [0.05, 0.1) is 11.4 Å². The van der Waals surface area contributed by atoms with E-state index in [0.29, 0.717) is 24.2 Å². The number of hydrogen-bond donors (Lipinski definition) is 3. The zero-order chi connectivity index (χ0) is 20.8. The smallest absolute Gasteiger partial charge is 0.224 e. The molecule has 1 amide bonds. The van der Waals surface area contributed by atoms with E-state index < -0.39 is 0 Å². The Kier molecular flexibility index (Phi) is 6.70. The van der Waals surface area contributed by atoms with Crippen LogP contribution in [0.5, 0.6) is 0 Å². The third-order valence-electron chi connectivity index (χ3n) is 5.42. The number of nitrogen functional groups attached to an aromatic ring is 1. The summed E-state index contributed by atoms with van der Waals surface area (Å²) < 4.78 is 0. The van der Waals surface area contributed by atoms with E-state index in [9.17, 15) is 9.59 Å². The lowest BCUT2D eigenvalue weighted by molar-refractivity contribution is -0.116. The molecule has 5 nitrogen and oxygen atoms in total. The molecular weight excluding hydrogens is 362 g/mol. The highest BCUT2D eigenvalue weighted by Crippen LogP contribution is 2.23. The molecule has 0 fully saturated rings. The molecule has 1 aromatic heterocycles. The van der Waals surface area contributed by atoms with Crippen LogP contribution < -0.4 is 11.1 Å². The largest absolute Gasteiger partial charge is 0.397 e. The Morgan fingerprint density at radius 1 is 0.966 bits per heavy atom. The van der Waals surface area contributed by atoms with Gasteiger partial charge < -0.3 is 16.0 Å². The molecule has 0 aliphatic carbocycles. The number of carbonyl (C=O) groups is 2. The topological polar surface area (TPSA) is 88.0 Å². The SMILES string of the molecule is Cc1[nH]c2cc(C(=O)CCCCCCC(=O)Nc3ccccc3N)ccc2c1C. The average molecular weight is 392 g/mol. The lowest BCUT2D eigenvalue weighted by Crippen LogP contribution is -2.12. The third-order valence-corrected chi connectivity index (χ3v) is 5.42. The molecule has 0 aliphatic rings. The van der Waals surface area contributed by atoms with E-state index in [1.807, 2.05) is 37.3 Å². The summed E-state index contributed by atoms with van der Waals surface area (Å²) in [6.07, 6.45) is 4.52. The molecule has 4 N–H and O–H groups in total. The highest BCUT2D eigenvalue weighted by molar-refractivity contribution is 6.00. The van der Waals surface area contributed by atoms with Gasteiger partial charge in [0.15, 0.2) is 5.78 Å². The maximum Gasteiger partial charge on any atom is 0.224 e. The fraction of sp³-hybridized carbons (Fsp3) is 0.333. The molecule has 0 spiro atoms. The molecule has 0 bridgehead atoms. The third kappa shape index (κ3) is 5.25. The number of hydrogen-bond acceptors (Lipinski definition) is 3. The fourth-order valence-electron chi connectivity index (χ4n) is 3.54. The number of rotatable bonds is 9. The highest BCUT2D eigenvalue weighted by Gasteiger charge is 2.10. The van der Waals surface area contributed by atoms with Crippen LogP contribution in [0.25, 0.3) is 10.9 Å². The van der Waals surface area contributed by atoms with Crippen molar-refractivity contribution in [2.24, 2.45) is 0 Å². The van der Waals surface area contributed by atoms with Gasteiger partial charge in [-0.25, -0.2) is 0 Å². The number of ketones is 1. The van der Waals surface area contributed by atoms with Crippen LogP contribution >= 0.6 is 0 Å². The number of unbranched alkanes of at least 4 members (excludes halogenated alkanes) is 3. The lowest BCUT2D eigenvalue weighted by atomic mass is 10.0. The number of aromatic amines is 1. The first kappa shape index (κ1) is 20.6. The van der Waals surface area contributed by atoms with E-state index in [0.717, 1.165) is 42.5 Å². The number of carbonyl (C=O) groups excluding carboxylic acids is 2. The standard InChI is InChI=1S/C24H29N3O2/c1-16-17(2)26-22-15-18(13-14-19(16)22)23(28)11-5-3-4-6-12-24(29)27-21-10-8-7-9-20(21)25/h7-10,13-15,26H,3-6,11-12,25H2,1-2H3,(H,27,29). The summed E-state index contributed by atoms with van der Waals surface area (Å²) in [6.45, 7) is 4.14. The number of Topliss-reactive ketones (excluding diaryl/α,β-unsaturated/α-hetero) is 1. The number of nitrogens with two attached hydrogens (primary N) is 1. The number of para-hydroxylation sites is 2. The molecule has 5 heteroatoms. The van der Waals surface area contributed by atoms with Crippen molar-refractivity contribution in [1.29, 1.82) is 0 Å². The predicted octanol–water partition coefficient (Wildman–Crippen LogP) is 5.53. The Labute approximate surface area is 171 Å². The zero-order valence-electron chi connectivity index (χ0n) is 17.2. The van der Waals surface area contributed by atoms with Crippen LogP contribution in [0.2, 0.25) is 0 Å². The van der Waals surface area contributed by atoms with Gasteiger partial charge in [0.25, 0.3) is 0 Å². The minimum atomic E-state index is -0.0242. The monoisotopic (exact) mass is 391 g/mol. The molecule has 2 aromatic carbocycles. The van der Waals surface area contributed by atoms with E-state index in [1.165, 1.54) is 10.9 Å². The maximum atomic E-state index is 12.5. The Balaban J connectivity index is 1.36. The molecule has 0 saturated heterocycles. The molecule has 3 rings (SSSR count). The van der Waals surface area contributed by atoms with Crippen molar-refractivity contribution in [3.63, 3.8) is 0 Å². The predicted molar refractivity (Wildman–Crippen MR) is 119 cm³/mol. The Morgan fingerprint density at radius 2 is 1.69 bits per heavy atom. The summed E-state index contributed by atoms with van der Waals surface area (Å²) in [7, 11) is 0. The van der Waals surface area contributed by atoms with Crippen molar-refractivity contribution in [3.05, 3.63) is 59.3 Å². The Morgan fingerprint density at radius 3 is 2.45 bits per heavy atom. The number of aromatic nitrogens is 1. The van der Waals surface area contributed by atoms with Gasteiger partial charge >= 0.3 is 0 Å². The molecule has 0 radical (unpaired) electrons. The second-order valence-electron chi connectivity index (χ2n) is 7.61. The molecule has 29 heavy (non-hydrogen) atoms. The van der Waals surface area contributed by atoms with Crippen LogP contribution in [0.1, 0.15) is 60.1 Å². The van der Waals surface area contributed by atoms with Gasteiger partial charge in [0.1, 0.15) is 0 Å². The number of amides is 1. The van der Waals surface area contributed by atoms with E-state index in [4.69, 9.17) is 5.73 Å². The molecule has 1 heterocycles. The van der Waals surface area contributed by atoms with Crippen LogP contribution in [0.15, 0.2) is 42.5 Å². The van der Waals surface area contributed by atoms with Gasteiger partial charge in [-0.15, -0.1) is 0 Å². The number of anilines is 2. The average Bonchev–Trinajstić information content (AvgIpc) is 2.99. The summed E-state index contributed by atoms with van der Waals surface area (Å²) in [5.74, 6) is 0.151. The first-order valence-electron chi connectivity index (χ1n) is 10.2. The molecule has 152 valence electrons. The Hall–Kier alpha value is -3.08. The summed E-state index contributed by atoms with van der Waals surface area (Å²) >= 11 is 0. The first-order chi connectivity index (χ1) is 14.0. The van der Waals surface area contributed by atoms with Crippen molar-refractivity contribution in [2.75, 3.05) is 11.1 Å². The fourth-order valence-corrected chi connectivity index (χ4v) is 3.54. The second-order valence-corrected chi connectivity index (χ2v) is 7.61. The quantitative estimate of drug-likeness (QED) is 0.255. The van der Waals surface area contributed by atoms with Gasteiger partial charge in [-0.3, -0.25) is 9.59 Å². The number of fused-ring (bicyclic) bond motifs is 1. The van der Waals surface area contributed by atoms with Crippen molar-refractivity contribution in [2.45, 2.75) is 52.4 Å². The summed E-state index contributed by atoms with van der Waals surface area (Å²) in [4.78, 5) is 27.8. The molecule has 0 unspecified atom stereocenters. The highest BCUT2D eigenvalue weighted by atomic mass is 16.1. The second kappa shape index (κ2) is 9.41. The van der Waals surface area contributed by atoms with Gasteiger partial charge in [0, 0.05) is 35.0 Å². The number of H-pyrrole nitrogens is 1. The minimum absolute atomic E-state index is 0.0242. The van der Waals surface area contributed by atoms with Crippen LogP contribution in [-0.2, 0) is 4.79 Å². The van der Waals surface area contributed by atoms with Crippen LogP contribution in [0.3, 0.4) is 0 Å². The van der Waals surface area contributed by atoms with Gasteiger partial charge in [-0.2, -0.15) is 0 Å². The van der Waals surface area contributed by atoms with E-state index in [2.05, 4.69) is 17.2 Å². The van der Waals surface area contributed by atoms with Crippen LogP contribution in [-0.4, -0.2) is 16.7 Å². The van der Waals surface area contributed by atoms with E-state index in [-0.39, 0.29) is 11.7 Å². The number of nitrogens with one attached hydrogen (secondary N) is 2. The van der Waals surface area contributed by atoms with Crippen LogP contribution in [0, 0.1) is 13.8 Å². The zero-order valence-corrected chi connectivity index (χ0v) is 17.2. The van der Waals surface area contributed by atoms with E-state index in [1.54, 1.807) is 12.1 Å². The number of aryl methyl sites for hydroxylation is 2. The summed E-state index contributed by atoms with van der Waals surface area (Å²) in [6, 6.07) is 13.2. The first-order valence-corrected chi connectivity index (χ1v) is 10.2. The normalized spacial score (nSPS) is 11.0. The molecule has 0 saturated carbocycles. The summed E-state index contributed by atoms with van der Waals surface area (Å²) in [5.41, 5.74) is 11.2. The number of benzene rings is 2. The van der Waals surface area contributed by atoms with Crippen molar-refractivity contribution in [1.82, 2.24) is 4.98 Å². The van der Waals surface area contributed by atoms with Gasteiger partial charge in [-0.1, -0.05) is 37.1 Å². The molecule has 3 aromatic rings. The van der Waals surface area contributed by atoms with Crippen molar-refractivity contribution >= 4 is 34.0 Å². The van der Waals surface area contributed by atoms with Crippen LogP contribution in [0.4, 0.5) is 11.4 Å². The molecule has 0 aliphatic heterocycles. The Bertz CT molecular complexity index is 1020.